The molecule has 2 unspecified atom stereocenters. The lowest BCUT2D eigenvalue weighted by atomic mass is 9.94. The van der Waals surface area contributed by atoms with Crippen molar-refractivity contribution in [1.82, 2.24) is 0 Å². The maximum atomic E-state index is 10.1. The molecule has 1 aliphatic carbocycles. The number of carboxylic acids is 1. The second kappa shape index (κ2) is 18.7. The number of carbonyl (C=O) groups is 1. The third-order valence-electron chi connectivity index (χ3n) is 6.92. The van der Waals surface area contributed by atoms with E-state index in [1.54, 1.807) is 0 Å². The van der Waals surface area contributed by atoms with Crippen LogP contribution in [0.4, 0.5) is 0 Å². The van der Waals surface area contributed by atoms with Gasteiger partial charge in [0, 0.05) is 19.3 Å². The highest BCUT2D eigenvalue weighted by Gasteiger charge is 2.37. The summed E-state index contributed by atoms with van der Waals surface area (Å²) in [6, 6.07) is 0. The van der Waals surface area contributed by atoms with E-state index in [2.05, 4.69) is 13.8 Å². The summed E-state index contributed by atoms with van der Waals surface area (Å²) in [6.45, 7) is 5.95. The lowest BCUT2D eigenvalue weighted by Gasteiger charge is -2.28. The minimum Gasteiger partial charge on any atom is -0.481 e. The molecule has 0 radical (unpaired) electrons. The molecule has 2 N–H and O–H groups in total. The van der Waals surface area contributed by atoms with Crippen LogP contribution in [0, 0.1) is 5.92 Å². The number of unbranched alkanes of at least 4 members (excludes halogenated alkanes) is 10. The number of aliphatic hydroxyl groups is 1. The number of carboxylic acid groups (broad SMARTS) is 1. The van der Waals surface area contributed by atoms with E-state index in [1.165, 1.54) is 70.6 Å². The van der Waals surface area contributed by atoms with Crippen molar-refractivity contribution in [2.75, 3.05) is 13.2 Å². The molecule has 5 heteroatoms. The topological polar surface area (TPSA) is 76.0 Å². The predicted octanol–water partition coefficient (Wildman–Crippen LogP) is 7.24. The zero-order valence-electron chi connectivity index (χ0n) is 21.1. The van der Waals surface area contributed by atoms with E-state index >= 15 is 0 Å². The van der Waals surface area contributed by atoms with Crippen LogP contribution in [0.3, 0.4) is 0 Å². The Morgan fingerprint density at radius 1 is 0.812 bits per heavy atom. The average molecular weight is 457 g/mol. The Bertz CT molecular complexity index is 447. The molecule has 2 fully saturated rings. The Labute approximate surface area is 197 Å². The molecule has 5 nitrogen and oxygen atoms in total. The van der Waals surface area contributed by atoms with Crippen molar-refractivity contribution in [3.05, 3.63) is 0 Å². The van der Waals surface area contributed by atoms with Crippen LogP contribution in [0.25, 0.3) is 0 Å². The lowest BCUT2D eigenvalue weighted by molar-refractivity contribution is -0.170. The molecular formula is C27H52O5. The van der Waals surface area contributed by atoms with Crippen LogP contribution >= 0.6 is 0 Å². The predicted molar refractivity (Wildman–Crippen MR) is 131 cm³/mol. The Kier molecular flexibility index (Phi) is 17.2. The molecule has 1 aliphatic heterocycles. The summed E-state index contributed by atoms with van der Waals surface area (Å²) in [5, 5.41) is 18.0. The Hall–Kier alpha value is -0.650. The second-order valence-electron chi connectivity index (χ2n) is 9.91. The van der Waals surface area contributed by atoms with Crippen molar-refractivity contribution in [2.45, 2.75) is 148 Å². The van der Waals surface area contributed by atoms with Gasteiger partial charge >= 0.3 is 5.97 Å². The molecule has 0 aromatic heterocycles. The molecule has 0 aromatic rings. The summed E-state index contributed by atoms with van der Waals surface area (Å²) in [4.78, 5) is 10.1. The largest absolute Gasteiger partial charge is 0.481 e. The van der Waals surface area contributed by atoms with E-state index in [1.807, 2.05) is 0 Å². The standard InChI is InChI=1S/C17H32O3.C10H20O2/c1-2-3-4-5-6-10-17(19-12-13-20-17)11-9-15-7-8-16(18)14-15;1-2-3-4-5-6-7-8-9-10(11)12/h15-16,18H,2-14H2,1H3;2-9H2,1H3,(H,11,12). The van der Waals surface area contributed by atoms with Gasteiger partial charge < -0.3 is 19.7 Å². The Balaban J connectivity index is 0.000000368. The highest BCUT2D eigenvalue weighted by Crippen LogP contribution is 2.36. The van der Waals surface area contributed by atoms with E-state index in [4.69, 9.17) is 14.6 Å². The van der Waals surface area contributed by atoms with Crippen LogP contribution in [0.5, 0.6) is 0 Å². The van der Waals surface area contributed by atoms with Gasteiger partial charge in [-0.05, 0) is 44.4 Å². The van der Waals surface area contributed by atoms with Gasteiger partial charge in [-0.2, -0.15) is 0 Å². The van der Waals surface area contributed by atoms with Crippen molar-refractivity contribution >= 4 is 5.97 Å². The van der Waals surface area contributed by atoms with Gasteiger partial charge in [-0.3, -0.25) is 4.79 Å². The highest BCUT2D eigenvalue weighted by atomic mass is 16.7. The molecule has 1 saturated heterocycles. The molecule has 32 heavy (non-hydrogen) atoms. The fraction of sp³-hybridized carbons (Fsp3) is 0.963. The Morgan fingerprint density at radius 2 is 1.38 bits per heavy atom. The first kappa shape index (κ1) is 29.4. The maximum Gasteiger partial charge on any atom is 0.303 e. The first-order valence-corrected chi connectivity index (χ1v) is 13.7. The number of ether oxygens (including phenoxy) is 2. The van der Waals surface area contributed by atoms with Crippen LogP contribution in [0.2, 0.25) is 0 Å². The number of aliphatic carboxylic acids is 1. The van der Waals surface area contributed by atoms with Crippen LogP contribution < -0.4 is 0 Å². The van der Waals surface area contributed by atoms with Gasteiger partial charge in [0.25, 0.3) is 0 Å². The van der Waals surface area contributed by atoms with Crippen LogP contribution in [0.15, 0.2) is 0 Å². The van der Waals surface area contributed by atoms with Crippen molar-refractivity contribution in [3.63, 3.8) is 0 Å². The Morgan fingerprint density at radius 3 is 1.91 bits per heavy atom. The normalized spacial score (nSPS) is 22.0. The van der Waals surface area contributed by atoms with E-state index in [0.717, 1.165) is 58.2 Å². The molecule has 0 bridgehead atoms. The molecule has 190 valence electrons. The molecule has 1 saturated carbocycles. The first-order chi connectivity index (χ1) is 15.5. The summed E-state index contributed by atoms with van der Waals surface area (Å²) in [5.74, 6) is -0.280. The van der Waals surface area contributed by atoms with Crippen molar-refractivity contribution in [3.8, 4) is 0 Å². The number of hydrogen-bond donors (Lipinski definition) is 2. The molecule has 0 amide bonds. The van der Waals surface area contributed by atoms with Gasteiger partial charge in [0.05, 0.1) is 19.3 Å². The third kappa shape index (κ3) is 14.5. The molecule has 0 aromatic carbocycles. The summed E-state index contributed by atoms with van der Waals surface area (Å²) in [5.41, 5.74) is 0. The van der Waals surface area contributed by atoms with Crippen LogP contribution in [-0.4, -0.2) is 41.3 Å². The monoisotopic (exact) mass is 456 g/mol. The molecule has 2 rings (SSSR count). The van der Waals surface area contributed by atoms with Crippen molar-refractivity contribution in [2.24, 2.45) is 5.92 Å². The molecule has 2 atom stereocenters. The van der Waals surface area contributed by atoms with E-state index < -0.39 is 5.97 Å². The van der Waals surface area contributed by atoms with E-state index in [-0.39, 0.29) is 11.9 Å². The summed E-state index contributed by atoms with van der Waals surface area (Å²) >= 11 is 0. The van der Waals surface area contributed by atoms with Gasteiger partial charge in [-0.15, -0.1) is 0 Å². The molecule has 2 aliphatic rings. The fourth-order valence-corrected chi connectivity index (χ4v) is 4.88. The van der Waals surface area contributed by atoms with Crippen LogP contribution in [-0.2, 0) is 14.3 Å². The number of rotatable bonds is 17. The lowest BCUT2D eigenvalue weighted by Crippen LogP contribution is -2.30. The summed E-state index contributed by atoms with van der Waals surface area (Å²) < 4.78 is 11.9. The molecular weight excluding hydrogens is 404 g/mol. The van der Waals surface area contributed by atoms with Crippen molar-refractivity contribution in [1.29, 1.82) is 0 Å². The van der Waals surface area contributed by atoms with Gasteiger partial charge in [-0.1, -0.05) is 78.1 Å². The SMILES string of the molecule is CCCCCCCC1(CCC2CCC(O)C2)OCCO1.CCCCCCCCCC(=O)O. The maximum absolute atomic E-state index is 10.1. The quantitative estimate of drug-likeness (QED) is 0.226. The minimum absolute atomic E-state index is 0.0598. The van der Waals surface area contributed by atoms with E-state index in [9.17, 15) is 9.90 Å². The van der Waals surface area contributed by atoms with Gasteiger partial charge in [0.15, 0.2) is 5.79 Å². The van der Waals surface area contributed by atoms with Gasteiger partial charge in [-0.25, -0.2) is 0 Å². The third-order valence-corrected chi connectivity index (χ3v) is 6.92. The summed E-state index contributed by atoms with van der Waals surface area (Å²) in [6.07, 6.45) is 21.4. The number of aliphatic hydroxyl groups excluding tert-OH is 1. The highest BCUT2D eigenvalue weighted by molar-refractivity contribution is 5.66. The van der Waals surface area contributed by atoms with E-state index in [0.29, 0.717) is 12.3 Å². The van der Waals surface area contributed by atoms with Crippen LogP contribution in [0.1, 0.15) is 136 Å². The zero-order chi connectivity index (χ0) is 23.5. The molecule has 0 spiro atoms. The summed E-state index contributed by atoms with van der Waals surface area (Å²) in [7, 11) is 0. The second-order valence-corrected chi connectivity index (χ2v) is 9.91. The van der Waals surface area contributed by atoms with Gasteiger partial charge in [0.2, 0.25) is 0 Å². The zero-order valence-corrected chi connectivity index (χ0v) is 21.1. The van der Waals surface area contributed by atoms with Crippen molar-refractivity contribution < 1.29 is 24.5 Å². The smallest absolute Gasteiger partial charge is 0.303 e. The first-order valence-electron chi connectivity index (χ1n) is 13.7. The van der Waals surface area contributed by atoms with Gasteiger partial charge in [0.1, 0.15) is 0 Å². The minimum atomic E-state index is -0.663. The fourth-order valence-electron chi connectivity index (χ4n) is 4.88. The number of hydrogen-bond acceptors (Lipinski definition) is 4. The average Bonchev–Trinajstić information content (AvgIpc) is 3.41. The molecule has 1 heterocycles.